The second-order valence-corrected chi connectivity index (χ2v) is 8.74. The van der Waals surface area contributed by atoms with Crippen molar-refractivity contribution < 1.29 is 74.0 Å². The van der Waals surface area contributed by atoms with Gasteiger partial charge in [-0.3, -0.25) is 19.7 Å². The van der Waals surface area contributed by atoms with Crippen molar-refractivity contribution in [2.24, 2.45) is 0 Å². The maximum atomic E-state index is 12.5. The summed E-state index contributed by atoms with van der Waals surface area (Å²) < 4.78 is 95.2. The van der Waals surface area contributed by atoms with E-state index in [2.05, 4.69) is 31.9 Å². The Balaban J connectivity index is 0.000000379. The summed E-state index contributed by atoms with van der Waals surface area (Å²) in [7, 11) is 0. The number of aromatic nitrogens is 2. The second kappa shape index (κ2) is 15.8. The van der Waals surface area contributed by atoms with E-state index in [9.17, 15) is 44.3 Å². The van der Waals surface area contributed by atoms with Crippen molar-refractivity contribution in [3.05, 3.63) is 60.2 Å². The molecule has 2 fully saturated rings. The number of carboxylic acids is 3. The van der Waals surface area contributed by atoms with Crippen LogP contribution in [0.25, 0.3) is 0 Å². The summed E-state index contributed by atoms with van der Waals surface area (Å²) in [5.74, 6) is -8.00. The van der Waals surface area contributed by atoms with Crippen molar-refractivity contribution in [2.75, 3.05) is 6.54 Å². The van der Waals surface area contributed by atoms with Gasteiger partial charge in [0.2, 0.25) is 5.91 Å². The van der Waals surface area contributed by atoms with Crippen molar-refractivity contribution >= 4 is 23.8 Å². The van der Waals surface area contributed by atoms with Crippen molar-refractivity contribution in [1.29, 1.82) is 0 Å². The number of nitrogens with zero attached hydrogens (tertiary/aromatic N) is 4. The Morgan fingerprint density at radius 2 is 1.02 bits per heavy atom. The first-order chi connectivity index (χ1) is 20.1. The second-order valence-electron chi connectivity index (χ2n) is 8.74. The summed E-state index contributed by atoms with van der Waals surface area (Å²) in [5.41, 5.74) is 2.42. The van der Waals surface area contributed by atoms with Crippen LogP contribution in [0.15, 0.2) is 49.1 Å². The highest BCUT2D eigenvalue weighted by Gasteiger charge is 2.46. The lowest BCUT2D eigenvalue weighted by Crippen LogP contribution is -2.36. The van der Waals surface area contributed by atoms with Gasteiger partial charge in [0.25, 0.3) is 0 Å². The third-order valence-electron chi connectivity index (χ3n) is 5.69. The van der Waals surface area contributed by atoms with Crippen molar-refractivity contribution in [1.82, 2.24) is 19.8 Å². The molecule has 1 amide bonds. The minimum atomic E-state index is -5.08. The Bertz CT molecular complexity index is 1190. The van der Waals surface area contributed by atoms with Crippen LogP contribution >= 0.6 is 0 Å². The van der Waals surface area contributed by atoms with Crippen molar-refractivity contribution in [3.8, 4) is 0 Å². The first-order valence-electron chi connectivity index (χ1n) is 11.9. The maximum absolute atomic E-state index is 12.5. The zero-order valence-corrected chi connectivity index (χ0v) is 22.0. The molecule has 0 bridgehead atoms. The van der Waals surface area contributed by atoms with E-state index in [1.165, 1.54) is 5.56 Å². The normalized spacial score (nSPS) is 18.0. The van der Waals surface area contributed by atoms with Crippen LogP contribution in [-0.2, 0) is 32.3 Å². The van der Waals surface area contributed by atoms with E-state index >= 15 is 0 Å². The molecular formula is C24H23F9N4O7. The van der Waals surface area contributed by atoms with Crippen LogP contribution < -0.4 is 0 Å². The van der Waals surface area contributed by atoms with Crippen LogP contribution in [0, 0.1) is 0 Å². The quantitative estimate of drug-likeness (QED) is 0.416. The monoisotopic (exact) mass is 650 g/mol. The number of hydrogen-bond acceptors (Lipinski definition) is 7. The number of carbonyl (C=O) groups excluding carboxylic acids is 1. The van der Waals surface area contributed by atoms with E-state index < -0.39 is 36.4 Å². The van der Waals surface area contributed by atoms with Gasteiger partial charge < -0.3 is 20.2 Å². The Morgan fingerprint density at radius 1 is 0.682 bits per heavy atom. The topological polar surface area (TPSA) is 161 Å². The third kappa shape index (κ3) is 12.8. The molecule has 0 saturated carbocycles. The van der Waals surface area contributed by atoms with E-state index in [1.54, 1.807) is 12.4 Å². The fourth-order valence-corrected chi connectivity index (χ4v) is 3.82. The van der Waals surface area contributed by atoms with Crippen LogP contribution in [0.5, 0.6) is 0 Å². The van der Waals surface area contributed by atoms with Gasteiger partial charge in [-0.1, -0.05) is 0 Å². The number of carbonyl (C=O) groups is 4. The van der Waals surface area contributed by atoms with Crippen LogP contribution in [0.1, 0.15) is 24.0 Å². The summed E-state index contributed by atoms with van der Waals surface area (Å²) in [4.78, 5) is 51.8. The molecule has 0 aliphatic carbocycles. The largest absolute Gasteiger partial charge is 0.490 e. The third-order valence-corrected chi connectivity index (χ3v) is 5.69. The van der Waals surface area contributed by atoms with Gasteiger partial charge in [-0.05, 0) is 41.8 Å². The first kappa shape index (κ1) is 37.5. The molecule has 4 heterocycles. The molecule has 0 unspecified atom stereocenters. The lowest BCUT2D eigenvalue weighted by molar-refractivity contribution is -0.193. The van der Waals surface area contributed by atoms with E-state index in [4.69, 9.17) is 29.7 Å². The molecule has 44 heavy (non-hydrogen) atoms. The average Bonchev–Trinajstić information content (AvgIpc) is 3.43. The molecule has 2 aromatic heterocycles. The molecule has 3 N–H and O–H groups in total. The van der Waals surface area contributed by atoms with Gasteiger partial charge in [0, 0.05) is 62.9 Å². The summed E-state index contributed by atoms with van der Waals surface area (Å²) in [5, 5.41) is 21.4. The fourth-order valence-electron chi connectivity index (χ4n) is 3.82. The van der Waals surface area contributed by atoms with Gasteiger partial charge in [0.15, 0.2) is 0 Å². The maximum Gasteiger partial charge on any atom is 0.490 e. The Kier molecular flexibility index (Phi) is 13.5. The van der Waals surface area contributed by atoms with Gasteiger partial charge in [0.1, 0.15) is 0 Å². The van der Waals surface area contributed by atoms with E-state index in [-0.39, 0.29) is 5.91 Å². The molecule has 2 saturated heterocycles. The molecule has 20 heteroatoms. The van der Waals surface area contributed by atoms with Gasteiger partial charge >= 0.3 is 36.4 Å². The number of fused-ring (bicyclic) bond motifs is 1. The number of halogens is 9. The standard InChI is InChI=1S/C18H20N4O.3C2HF3O2/c23-18-11-17-16(22(18)13-15-3-8-20-9-4-15)5-10-21(17)12-14-1-6-19-7-2-14;3*3-2(4,5)1(6)7/h1-4,6-9,16-17H,5,10-13H2;3*(H,6,7)/t16-,17+;;;/m0.../s1. The molecule has 4 rings (SSSR count). The average molecular weight is 650 g/mol. The van der Waals surface area contributed by atoms with E-state index in [0.29, 0.717) is 25.0 Å². The minimum absolute atomic E-state index is 0.274. The summed E-state index contributed by atoms with van der Waals surface area (Å²) in [6, 6.07) is 8.78. The zero-order chi connectivity index (χ0) is 33.9. The summed E-state index contributed by atoms with van der Waals surface area (Å²) >= 11 is 0. The van der Waals surface area contributed by atoms with E-state index in [0.717, 1.165) is 25.1 Å². The van der Waals surface area contributed by atoms with Crippen molar-refractivity contribution in [2.45, 2.75) is 56.5 Å². The molecule has 2 atom stereocenters. The smallest absolute Gasteiger partial charge is 0.475 e. The van der Waals surface area contributed by atoms with Crippen LogP contribution in [-0.4, -0.2) is 96.1 Å². The molecule has 0 aromatic carbocycles. The Hall–Kier alpha value is -4.49. The Labute approximate surface area is 241 Å². The van der Waals surface area contributed by atoms with Gasteiger partial charge in [0.05, 0.1) is 0 Å². The number of pyridine rings is 2. The highest BCUT2D eigenvalue weighted by atomic mass is 19.4. The first-order valence-corrected chi connectivity index (χ1v) is 11.9. The van der Waals surface area contributed by atoms with Gasteiger partial charge in [-0.2, -0.15) is 39.5 Å². The minimum Gasteiger partial charge on any atom is -0.475 e. The highest BCUT2D eigenvalue weighted by molar-refractivity contribution is 5.80. The lowest BCUT2D eigenvalue weighted by atomic mass is 10.1. The van der Waals surface area contributed by atoms with E-state index in [1.807, 2.05) is 24.5 Å². The number of aliphatic carboxylic acids is 3. The summed E-state index contributed by atoms with van der Waals surface area (Å²) in [6.07, 6.45) is -6.31. The molecule has 2 aromatic rings. The summed E-state index contributed by atoms with van der Waals surface area (Å²) in [6.45, 7) is 2.66. The molecule has 2 aliphatic rings. The van der Waals surface area contributed by atoms with Crippen LogP contribution in [0.2, 0.25) is 0 Å². The predicted molar refractivity (Wildman–Crippen MR) is 127 cm³/mol. The number of likely N-dealkylation sites (tertiary alicyclic amines) is 2. The fraction of sp³-hybridized carbons (Fsp3) is 0.417. The number of carboxylic acid groups (broad SMARTS) is 3. The molecule has 11 nitrogen and oxygen atoms in total. The van der Waals surface area contributed by atoms with Crippen LogP contribution in [0.4, 0.5) is 39.5 Å². The zero-order valence-electron chi connectivity index (χ0n) is 22.0. The molecule has 0 spiro atoms. The SMILES string of the molecule is O=C(O)C(F)(F)F.O=C(O)C(F)(F)F.O=C(O)C(F)(F)F.O=C1C[C@@H]2[C@H](CCN2Cc2ccncc2)N1Cc1ccncc1. The molecule has 2 aliphatic heterocycles. The highest BCUT2D eigenvalue weighted by Crippen LogP contribution is 2.34. The van der Waals surface area contributed by atoms with Gasteiger partial charge in [-0.25, -0.2) is 14.4 Å². The number of alkyl halides is 9. The number of rotatable bonds is 4. The molecule has 0 radical (unpaired) electrons. The Morgan fingerprint density at radius 3 is 1.36 bits per heavy atom. The number of hydrogen-bond donors (Lipinski definition) is 3. The molecule has 244 valence electrons. The lowest BCUT2D eigenvalue weighted by Gasteiger charge is -2.25. The predicted octanol–water partition coefficient (Wildman–Crippen LogP) is 3.75. The number of amides is 1. The molecular weight excluding hydrogens is 627 g/mol. The van der Waals surface area contributed by atoms with Crippen LogP contribution in [0.3, 0.4) is 0 Å². The van der Waals surface area contributed by atoms with Gasteiger partial charge in [-0.15, -0.1) is 0 Å². The van der Waals surface area contributed by atoms with Crippen molar-refractivity contribution in [3.63, 3.8) is 0 Å².